The summed E-state index contributed by atoms with van der Waals surface area (Å²) in [6.45, 7) is 11.3. The molecule has 244 valence electrons. The van der Waals surface area contributed by atoms with Gasteiger partial charge in [0.1, 0.15) is 28.3 Å². The Kier molecular flexibility index (Phi) is 7.03. The predicted molar refractivity (Wildman–Crippen MR) is 207 cm³/mol. The molecule has 0 aliphatic heterocycles. The Morgan fingerprint density at radius 1 is 0.600 bits per heavy atom. The number of imidazole rings is 1. The van der Waals surface area contributed by atoms with Crippen LogP contribution in [0.2, 0.25) is 0 Å². The lowest BCUT2D eigenvalue weighted by molar-refractivity contribution is 0.633. The van der Waals surface area contributed by atoms with Crippen LogP contribution in [0.1, 0.15) is 56.2 Å². The molecule has 9 aromatic rings. The first kappa shape index (κ1) is 30.2. The molecule has 3 aromatic heterocycles. The molecule has 4 heteroatoms. The van der Waals surface area contributed by atoms with E-state index in [1.807, 2.05) is 18.2 Å². The zero-order valence-electron chi connectivity index (χ0n) is 29.0. The lowest BCUT2D eigenvalue weighted by Gasteiger charge is -2.24. The van der Waals surface area contributed by atoms with Gasteiger partial charge in [-0.3, -0.25) is 4.57 Å². The third kappa shape index (κ3) is 4.78. The van der Waals surface area contributed by atoms with Crippen molar-refractivity contribution in [3.05, 3.63) is 144 Å². The summed E-state index contributed by atoms with van der Waals surface area (Å²) in [7, 11) is 0. The van der Waals surface area contributed by atoms with Crippen LogP contribution in [-0.4, -0.2) is 9.55 Å². The van der Waals surface area contributed by atoms with Gasteiger partial charge in [0.25, 0.3) is 0 Å². The zero-order valence-corrected chi connectivity index (χ0v) is 29.0. The number of benzene rings is 6. The first-order chi connectivity index (χ1) is 24.4. The quantitative estimate of drug-likeness (QED) is 0.180. The lowest BCUT2D eigenvalue weighted by Crippen LogP contribution is -2.09. The van der Waals surface area contributed by atoms with E-state index in [4.69, 9.17) is 13.8 Å². The Bertz CT molecular complexity index is 2680. The molecule has 4 nitrogen and oxygen atoms in total. The number of aryl methyl sites for hydroxylation is 1. The van der Waals surface area contributed by atoms with Crippen molar-refractivity contribution in [2.24, 2.45) is 0 Å². The second kappa shape index (κ2) is 11.6. The van der Waals surface area contributed by atoms with Crippen molar-refractivity contribution in [3.8, 4) is 39.5 Å². The van der Waals surface area contributed by atoms with Crippen LogP contribution < -0.4 is 0 Å². The van der Waals surface area contributed by atoms with Crippen LogP contribution in [0.25, 0.3) is 83.5 Å². The second-order valence-electron chi connectivity index (χ2n) is 14.1. The highest BCUT2D eigenvalue weighted by Crippen LogP contribution is 2.46. The van der Waals surface area contributed by atoms with Crippen LogP contribution in [0.4, 0.5) is 0 Å². The van der Waals surface area contributed by atoms with E-state index >= 15 is 0 Å². The fraction of sp³-hybridized carbons (Fsp3) is 0.152. The number of furan rings is 2. The van der Waals surface area contributed by atoms with E-state index < -0.39 is 0 Å². The maximum Gasteiger partial charge on any atom is 0.150 e. The first-order valence-corrected chi connectivity index (χ1v) is 17.5. The minimum Gasteiger partial charge on any atom is -0.455 e. The summed E-state index contributed by atoms with van der Waals surface area (Å²) in [6, 6.07) is 45.0. The van der Waals surface area contributed by atoms with Gasteiger partial charge in [-0.25, -0.2) is 4.98 Å². The molecule has 0 amide bonds. The average Bonchev–Trinajstić information content (AvgIpc) is 3.84. The molecular weight excluding hydrogens is 613 g/mol. The summed E-state index contributed by atoms with van der Waals surface area (Å²) in [5, 5.41) is 3.02. The molecule has 0 fully saturated rings. The molecule has 0 spiro atoms. The summed E-state index contributed by atoms with van der Waals surface area (Å²) >= 11 is 0. The number of rotatable bonds is 6. The number of hydrogen-bond acceptors (Lipinski definition) is 3. The van der Waals surface area contributed by atoms with E-state index in [1.54, 1.807) is 0 Å². The first-order valence-electron chi connectivity index (χ1n) is 17.5. The van der Waals surface area contributed by atoms with Gasteiger partial charge >= 0.3 is 0 Å². The molecular formula is C46H38N2O2. The van der Waals surface area contributed by atoms with Crippen LogP contribution in [0.3, 0.4) is 0 Å². The number of aromatic nitrogens is 2. The molecule has 0 saturated carbocycles. The molecule has 9 rings (SSSR count). The summed E-state index contributed by atoms with van der Waals surface area (Å²) < 4.78 is 15.9. The van der Waals surface area contributed by atoms with Gasteiger partial charge in [-0.15, -0.1) is 0 Å². The number of para-hydroxylation sites is 2. The van der Waals surface area contributed by atoms with Crippen LogP contribution in [0.5, 0.6) is 0 Å². The summed E-state index contributed by atoms with van der Waals surface area (Å²) in [5.74, 6) is 2.21. The highest BCUT2D eigenvalue weighted by molar-refractivity contribution is 6.21. The Labute approximate surface area is 291 Å². The van der Waals surface area contributed by atoms with Gasteiger partial charge in [0.05, 0.1) is 27.7 Å². The normalized spacial score (nSPS) is 12.1. The molecule has 0 unspecified atom stereocenters. The Balaban J connectivity index is 1.41. The summed E-state index contributed by atoms with van der Waals surface area (Å²) in [6.07, 6.45) is 0. The van der Waals surface area contributed by atoms with E-state index in [-0.39, 0.29) is 11.8 Å². The van der Waals surface area contributed by atoms with E-state index in [9.17, 15) is 0 Å². The predicted octanol–water partition coefficient (Wildman–Crippen LogP) is 13.2. The molecule has 0 aliphatic rings. The largest absolute Gasteiger partial charge is 0.455 e. The van der Waals surface area contributed by atoms with Crippen molar-refractivity contribution in [3.63, 3.8) is 0 Å². The van der Waals surface area contributed by atoms with Gasteiger partial charge in [-0.05, 0) is 89.0 Å². The standard InChI is InChI=1S/C46H38N2O2/c1-27(2)35-23-32(30-14-8-6-9-15-30)24-36(28(3)4)43(35)48-39-19-13-12-18-38(39)47-46(48)37-25-33-26-40(31-16-10-7-11-17-31)49-44(33)42-34-21-20-29(5)22-41(34)50-45(37)42/h6-28H,1-5H3. The molecule has 0 aliphatic carbocycles. The fourth-order valence-corrected chi connectivity index (χ4v) is 7.51. The maximum atomic E-state index is 6.85. The van der Waals surface area contributed by atoms with Gasteiger partial charge in [0.2, 0.25) is 0 Å². The van der Waals surface area contributed by atoms with E-state index in [0.717, 1.165) is 72.2 Å². The van der Waals surface area contributed by atoms with Crippen LogP contribution in [-0.2, 0) is 0 Å². The maximum absolute atomic E-state index is 6.85. The lowest BCUT2D eigenvalue weighted by atomic mass is 9.88. The van der Waals surface area contributed by atoms with Crippen molar-refractivity contribution in [2.45, 2.75) is 46.5 Å². The third-order valence-electron chi connectivity index (χ3n) is 9.98. The highest BCUT2D eigenvalue weighted by atomic mass is 16.3. The number of hydrogen-bond donors (Lipinski definition) is 0. The topological polar surface area (TPSA) is 44.1 Å². The zero-order chi connectivity index (χ0) is 34.1. The smallest absolute Gasteiger partial charge is 0.150 e. The molecule has 50 heavy (non-hydrogen) atoms. The Morgan fingerprint density at radius 3 is 1.96 bits per heavy atom. The Hall–Kier alpha value is -5.87. The van der Waals surface area contributed by atoms with Crippen molar-refractivity contribution >= 4 is 43.9 Å². The monoisotopic (exact) mass is 650 g/mol. The molecule has 0 saturated heterocycles. The van der Waals surface area contributed by atoms with Crippen LogP contribution >= 0.6 is 0 Å². The van der Waals surface area contributed by atoms with Gasteiger partial charge in [0.15, 0.2) is 0 Å². The SMILES string of the molecule is Cc1ccc2c(c1)oc1c(-c3nc4ccccc4n3-c3c(C(C)C)cc(-c4ccccc4)cc3C(C)C)cc3cc(-c4ccccc4)oc3c12. The van der Waals surface area contributed by atoms with Crippen LogP contribution in [0, 0.1) is 6.92 Å². The van der Waals surface area contributed by atoms with E-state index in [1.165, 1.54) is 27.9 Å². The number of nitrogens with zero attached hydrogens (tertiary/aromatic N) is 2. The number of fused-ring (bicyclic) bond motifs is 6. The fourth-order valence-electron chi connectivity index (χ4n) is 7.51. The Morgan fingerprint density at radius 2 is 1.26 bits per heavy atom. The molecule has 0 bridgehead atoms. The third-order valence-corrected chi connectivity index (χ3v) is 9.98. The van der Waals surface area contributed by atoms with Crippen molar-refractivity contribution in [2.75, 3.05) is 0 Å². The van der Waals surface area contributed by atoms with E-state index in [0.29, 0.717) is 0 Å². The second-order valence-corrected chi connectivity index (χ2v) is 14.1. The minimum atomic E-state index is 0.263. The van der Waals surface area contributed by atoms with Crippen molar-refractivity contribution < 1.29 is 8.83 Å². The van der Waals surface area contributed by atoms with Crippen LogP contribution in [0.15, 0.2) is 136 Å². The highest BCUT2D eigenvalue weighted by Gasteiger charge is 2.27. The van der Waals surface area contributed by atoms with Crippen molar-refractivity contribution in [1.29, 1.82) is 0 Å². The summed E-state index contributed by atoms with van der Waals surface area (Å²) in [5.41, 5.74) is 13.8. The molecule has 0 atom stereocenters. The van der Waals surface area contributed by atoms with Gasteiger partial charge in [-0.1, -0.05) is 113 Å². The molecule has 3 heterocycles. The minimum absolute atomic E-state index is 0.263. The molecule has 0 radical (unpaired) electrons. The van der Waals surface area contributed by atoms with Gasteiger partial charge in [-0.2, -0.15) is 0 Å². The van der Waals surface area contributed by atoms with Gasteiger partial charge in [0, 0.05) is 16.3 Å². The van der Waals surface area contributed by atoms with E-state index in [2.05, 4.69) is 148 Å². The average molecular weight is 651 g/mol. The molecule has 6 aromatic carbocycles. The van der Waals surface area contributed by atoms with Crippen molar-refractivity contribution in [1.82, 2.24) is 9.55 Å². The molecule has 0 N–H and O–H groups in total. The summed E-state index contributed by atoms with van der Waals surface area (Å²) in [4.78, 5) is 5.42. The van der Waals surface area contributed by atoms with Gasteiger partial charge < -0.3 is 8.83 Å².